The number of carbonyl (C=O) groups excluding carboxylic acids is 1. The third kappa shape index (κ3) is 5.08. The highest BCUT2D eigenvalue weighted by Crippen LogP contribution is 2.27. The fourth-order valence-electron chi connectivity index (χ4n) is 3.52. The van der Waals surface area contributed by atoms with Gasteiger partial charge in [0.25, 0.3) is 5.91 Å². The maximum atomic E-state index is 11.8. The van der Waals surface area contributed by atoms with Crippen LogP contribution in [-0.2, 0) is 16.8 Å². The Balaban J connectivity index is 1.21. The molecule has 2 aromatic rings. The predicted octanol–water partition coefficient (Wildman–Crippen LogP) is 4.05. The topological polar surface area (TPSA) is 105 Å². The van der Waals surface area contributed by atoms with Crippen LogP contribution in [0.1, 0.15) is 38.6 Å². The highest BCUT2D eigenvalue weighted by atomic mass is 16.5. The molecular weight excluding hydrogens is 404 g/mol. The lowest BCUT2D eigenvalue weighted by atomic mass is 9.87. The van der Waals surface area contributed by atoms with Gasteiger partial charge in [0.2, 0.25) is 11.7 Å². The summed E-state index contributed by atoms with van der Waals surface area (Å²) in [4.78, 5) is 16.3. The van der Waals surface area contributed by atoms with Gasteiger partial charge in [0.1, 0.15) is 0 Å². The minimum atomic E-state index is -0.325. The molecule has 4 rings (SSSR count). The lowest BCUT2D eigenvalue weighted by Crippen LogP contribution is -2.26. The van der Waals surface area contributed by atoms with Crippen molar-refractivity contribution in [2.45, 2.75) is 39.2 Å². The third-order valence-corrected chi connectivity index (χ3v) is 5.39. The normalized spacial score (nSPS) is 17.7. The number of aromatic nitrogens is 2. The molecule has 0 spiro atoms. The molecule has 1 amide bonds. The lowest BCUT2D eigenvalue weighted by molar-refractivity contribution is -0.120. The fraction of sp³-hybridized carbons (Fsp3) is 0.375. The minimum absolute atomic E-state index is 0.111. The van der Waals surface area contributed by atoms with E-state index in [0.717, 1.165) is 24.1 Å². The molecule has 32 heavy (non-hydrogen) atoms. The zero-order chi connectivity index (χ0) is 22.6. The number of nitrogens with one attached hydrogen (secondary N) is 2. The second-order valence-electron chi connectivity index (χ2n) is 8.86. The third-order valence-electron chi connectivity index (χ3n) is 5.39. The first-order chi connectivity index (χ1) is 15.4. The van der Waals surface area contributed by atoms with Gasteiger partial charge in [-0.25, -0.2) is 0 Å². The van der Waals surface area contributed by atoms with E-state index in [-0.39, 0.29) is 17.2 Å². The van der Waals surface area contributed by atoms with Crippen molar-refractivity contribution in [3.8, 4) is 11.4 Å². The summed E-state index contributed by atoms with van der Waals surface area (Å²) >= 11 is 0. The maximum absolute atomic E-state index is 11.8. The van der Waals surface area contributed by atoms with Crippen molar-refractivity contribution in [2.75, 3.05) is 13.1 Å². The Hall–Kier alpha value is -3.39. The summed E-state index contributed by atoms with van der Waals surface area (Å²) in [6, 6.07) is 8.27. The van der Waals surface area contributed by atoms with Crippen LogP contribution >= 0.6 is 0 Å². The van der Waals surface area contributed by atoms with Crippen LogP contribution in [0.25, 0.3) is 11.4 Å². The van der Waals surface area contributed by atoms with E-state index in [1.807, 2.05) is 36.4 Å². The van der Waals surface area contributed by atoms with Crippen molar-refractivity contribution in [3.63, 3.8) is 0 Å². The van der Waals surface area contributed by atoms with Gasteiger partial charge in [0.05, 0.1) is 12.5 Å². The number of hydrogen-bond donors (Lipinski definition) is 2. The summed E-state index contributed by atoms with van der Waals surface area (Å²) in [5.41, 5.74) is 3.19. The zero-order valence-corrected chi connectivity index (χ0v) is 18.6. The van der Waals surface area contributed by atoms with E-state index in [4.69, 9.17) is 4.52 Å². The number of carbonyl (C=O) groups is 1. The number of rotatable bonds is 8. The van der Waals surface area contributed by atoms with Crippen LogP contribution in [0.3, 0.4) is 0 Å². The van der Waals surface area contributed by atoms with Crippen LogP contribution in [0.2, 0.25) is 0 Å². The second-order valence-corrected chi connectivity index (χ2v) is 8.86. The quantitative estimate of drug-likeness (QED) is 0.610. The van der Waals surface area contributed by atoms with Gasteiger partial charge in [-0.15, -0.1) is 10.2 Å². The molecule has 8 nitrogen and oxygen atoms in total. The van der Waals surface area contributed by atoms with Gasteiger partial charge in [0.15, 0.2) is 5.82 Å². The van der Waals surface area contributed by atoms with E-state index >= 15 is 0 Å². The van der Waals surface area contributed by atoms with Gasteiger partial charge >= 0.3 is 0 Å². The Kier molecular flexibility index (Phi) is 6.41. The molecule has 166 valence electrons. The van der Waals surface area contributed by atoms with E-state index in [9.17, 15) is 4.79 Å². The number of fused-ring (bicyclic) bond motifs is 1. The number of amides is 1. The molecule has 1 aromatic carbocycles. The summed E-state index contributed by atoms with van der Waals surface area (Å²) in [5.74, 6) is 1.26. The van der Waals surface area contributed by atoms with E-state index in [1.165, 1.54) is 5.56 Å². The number of allylic oxidation sites excluding steroid dienone is 3. The standard InChI is InChI=1S/C24H28N6O2/c1-24(2,3)17-11-9-16(10-12-17)21-27-20(32-30-21)15-25-13-6-14-26-22-18-7-4-5-8-19(18)23(31)29-28-22/h4-5,7-12,19,25-26H,6,13-15H2,1-3H3. The summed E-state index contributed by atoms with van der Waals surface area (Å²) < 4.78 is 5.37. The predicted molar refractivity (Wildman–Crippen MR) is 121 cm³/mol. The summed E-state index contributed by atoms with van der Waals surface area (Å²) in [7, 11) is 0. The molecule has 0 bridgehead atoms. The van der Waals surface area contributed by atoms with E-state index < -0.39 is 0 Å². The Morgan fingerprint density at radius 2 is 1.88 bits per heavy atom. The van der Waals surface area contributed by atoms with Crippen molar-refractivity contribution >= 4 is 5.91 Å². The van der Waals surface area contributed by atoms with Crippen LogP contribution in [0.15, 0.2) is 74.7 Å². The average molecular weight is 433 g/mol. The van der Waals surface area contributed by atoms with Crippen LogP contribution < -0.4 is 10.6 Å². The van der Waals surface area contributed by atoms with Crippen molar-refractivity contribution < 1.29 is 9.32 Å². The van der Waals surface area contributed by atoms with Crippen molar-refractivity contribution in [3.05, 3.63) is 71.4 Å². The Morgan fingerprint density at radius 3 is 2.66 bits per heavy atom. The van der Waals surface area contributed by atoms with Crippen LogP contribution in [0.5, 0.6) is 0 Å². The Bertz CT molecular complexity index is 1090. The zero-order valence-electron chi connectivity index (χ0n) is 18.6. The van der Waals surface area contributed by atoms with Gasteiger partial charge < -0.3 is 15.2 Å². The van der Waals surface area contributed by atoms with E-state index in [2.05, 4.69) is 63.9 Å². The molecule has 1 aromatic heterocycles. The number of hydrogen-bond acceptors (Lipinski definition) is 7. The van der Waals surface area contributed by atoms with Crippen LogP contribution in [0.4, 0.5) is 0 Å². The van der Waals surface area contributed by atoms with Gasteiger partial charge in [-0.1, -0.05) is 74.5 Å². The molecule has 1 unspecified atom stereocenters. The molecule has 1 atom stereocenters. The van der Waals surface area contributed by atoms with Gasteiger partial charge in [-0.2, -0.15) is 4.98 Å². The van der Waals surface area contributed by atoms with Gasteiger partial charge in [0, 0.05) is 17.7 Å². The average Bonchev–Trinajstić information content (AvgIpc) is 3.26. The first kappa shape index (κ1) is 21.8. The molecular formula is C24H28N6O2. The van der Waals surface area contributed by atoms with E-state index in [1.54, 1.807) is 0 Å². The molecule has 2 N–H and O–H groups in total. The highest BCUT2D eigenvalue weighted by molar-refractivity contribution is 5.86. The lowest BCUT2D eigenvalue weighted by Gasteiger charge is -2.20. The Labute approximate surface area is 187 Å². The molecule has 1 aliphatic carbocycles. The fourth-order valence-corrected chi connectivity index (χ4v) is 3.52. The molecule has 1 aliphatic heterocycles. The van der Waals surface area contributed by atoms with Crippen LogP contribution in [-0.4, -0.2) is 29.1 Å². The SMILES string of the molecule is CC(C)(C)c1ccc(-c2noc(CNCCCNC3=C4C=CC=CC4C(=O)N=N3)n2)cc1. The molecule has 0 radical (unpaired) electrons. The Morgan fingerprint density at radius 1 is 1.06 bits per heavy atom. The number of nitrogens with zero attached hydrogens (tertiary/aromatic N) is 4. The van der Waals surface area contributed by atoms with Gasteiger partial charge in [-0.05, 0) is 23.9 Å². The molecule has 0 saturated carbocycles. The first-order valence-corrected chi connectivity index (χ1v) is 10.8. The molecule has 2 aliphatic rings. The second kappa shape index (κ2) is 9.40. The van der Waals surface area contributed by atoms with Crippen molar-refractivity contribution in [1.29, 1.82) is 0 Å². The van der Waals surface area contributed by atoms with Crippen molar-refractivity contribution in [2.24, 2.45) is 16.1 Å². The van der Waals surface area contributed by atoms with Crippen LogP contribution in [0, 0.1) is 5.92 Å². The molecule has 0 fully saturated rings. The largest absolute Gasteiger partial charge is 0.368 e. The summed E-state index contributed by atoms with van der Waals surface area (Å²) in [6.45, 7) is 8.55. The monoisotopic (exact) mass is 432 g/mol. The highest BCUT2D eigenvalue weighted by Gasteiger charge is 2.26. The molecule has 8 heteroatoms. The first-order valence-electron chi connectivity index (χ1n) is 10.8. The number of azo groups is 1. The number of benzene rings is 1. The summed E-state index contributed by atoms with van der Waals surface area (Å²) in [6.07, 6.45) is 8.38. The van der Waals surface area contributed by atoms with E-state index in [0.29, 0.717) is 30.6 Å². The van der Waals surface area contributed by atoms with Crippen molar-refractivity contribution in [1.82, 2.24) is 20.8 Å². The summed E-state index contributed by atoms with van der Waals surface area (Å²) in [5, 5.41) is 18.4. The maximum Gasteiger partial charge on any atom is 0.276 e. The van der Waals surface area contributed by atoms with Gasteiger partial charge in [-0.3, -0.25) is 4.79 Å². The minimum Gasteiger partial charge on any atom is -0.368 e. The smallest absolute Gasteiger partial charge is 0.276 e. The molecule has 2 heterocycles. The molecule has 0 saturated heterocycles.